The standard InChI is InChI=1S/C14H11Cl2NO3/c1-7-4-11(16)12(6-10(7)15)17-14(20)9-3-2-8(18)5-13(9)19/h2-6,18-19H,1H3,(H,17,20). The minimum absolute atomic E-state index is 0.0237. The molecule has 0 saturated heterocycles. The first-order chi connectivity index (χ1) is 9.38. The molecule has 104 valence electrons. The number of anilines is 1. The summed E-state index contributed by atoms with van der Waals surface area (Å²) in [6.45, 7) is 1.80. The van der Waals surface area contributed by atoms with Gasteiger partial charge in [0.1, 0.15) is 11.5 Å². The summed E-state index contributed by atoms with van der Waals surface area (Å²) in [5.41, 5.74) is 1.16. The zero-order valence-corrected chi connectivity index (χ0v) is 12.0. The monoisotopic (exact) mass is 311 g/mol. The largest absolute Gasteiger partial charge is 0.508 e. The minimum Gasteiger partial charge on any atom is -0.508 e. The molecule has 6 heteroatoms. The van der Waals surface area contributed by atoms with E-state index in [4.69, 9.17) is 23.2 Å². The molecule has 0 aliphatic heterocycles. The van der Waals surface area contributed by atoms with Gasteiger partial charge < -0.3 is 15.5 Å². The van der Waals surface area contributed by atoms with Crippen LogP contribution in [0.15, 0.2) is 30.3 Å². The van der Waals surface area contributed by atoms with Gasteiger partial charge in [-0.25, -0.2) is 0 Å². The number of aryl methyl sites for hydroxylation is 1. The Hall–Kier alpha value is -1.91. The van der Waals surface area contributed by atoms with E-state index in [0.29, 0.717) is 15.7 Å². The lowest BCUT2D eigenvalue weighted by molar-refractivity contribution is 0.102. The Labute approximate surface area is 125 Å². The maximum absolute atomic E-state index is 12.0. The lowest BCUT2D eigenvalue weighted by atomic mass is 10.1. The molecule has 2 rings (SSSR count). The summed E-state index contributed by atoms with van der Waals surface area (Å²) >= 11 is 12.0. The minimum atomic E-state index is -0.552. The van der Waals surface area contributed by atoms with Crippen LogP contribution in [0, 0.1) is 6.92 Å². The van der Waals surface area contributed by atoms with E-state index in [1.165, 1.54) is 18.2 Å². The SMILES string of the molecule is Cc1cc(Cl)c(NC(=O)c2ccc(O)cc2O)cc1Cl. The molecule has 0 bridgehead atoms. The zero-order chi connectivity index (χ0) is 14.9. The first kappa shape index (κ1) is 14.5. The predicted molar refractivity (Wildman–Crippen MR) is 78.9 cm³/mol. The molecule has 0 aliphatic carbocycles. The number of carbonyl (C=O) groups excluding carboxylic acids is 1. The van der Waals surface area contributed by atoms with Gasteiger partial charge in [0.05, 0.1) is 16.3 Å². The van der Waals surface area contributed by atoms with Gasteiger partial charge in [-0.15, -0.1) is 0 Å². The van der Waals surface area contributed by atoms with E-state index in [1.54, 1.807) is 13.0 Å². The average Bonchev–Trinajstić information content (AvgIpc) is 2.35. The van der Waals surface area contributed by atoms with Crippen molar-refractivity contribution in [2.45, 2.75) is 6.92 Å². The van der Waals surface area contributed by atoms with E-state index in [-0.39, 0.29) is 17.1 Å². The van der Waals surface area contributed by atoms with Gasteiger partial charge in [0.2, 0.25) is 0 Å². The van der Waals surface area contributed by atoms with Crippen molar-refractivity contribution < 1.29 is 15.0 Å². The van der Waals surface area contributed by atoms with Gasteiger partial charge in [-0.2, -0.15) is 0 Å². The van der Waals surface area contributed by atoms with Crippen LogP contribution in [0.5, 0.6) is 11.5 Å². The molecule has 1 amide bonds. The van der Waals surface area contributed by atoms with Gasteiger partial charge in [0.25, 0.3) is 5.91 Å². The summed E-state index contributed by atoms with van der Waals surface area (Å²) in [5.74, 6) is -1.00. The van der Waals surface area contributed by atoms with E-state index < -0.39 is 5.91 Å². The fourth-order valence-corrected chi connectivity index (χ4v) is 2.07. The third-order valence-corrected chi connectivity index (χ3v) is 3.44. The quantitative estimate of drug-likeness (QED) is 0.786. The first-order valence-electron chi connectivity index (χ1n) is 5.67. The first-order valence-corrected chi connectivity index (χ1v) is 6.43. The van der Waals surface area contributed by atoms with E-state index in [2.05, 4.69) is 5.32 Å². The number of nitrogens with one attached hydrogen (secondary N) is 1. The number of benzene rings is 2. The van der Waals surface area contributed by atoms with Crippen molar-refractivity contribution in [3.63, 3.8) is 0 Å². The molecule has 0 radical (unpaired) electrons. The van der Waals surface area contributed by atoms with E-state index in [0.717, 1.165) is 11.6 Å². The number of phenolic OH excluding ortho intramolecular Hbond substituents is 2. The van der Waals surface area contributed by atoms with Crippen LogP contribution in [0.1, 0.15) is 15.9 Å². The Bertz CT molecular complexity index is 686. The molecule has 20 heavy (non-hydrogen) atoms. The number of hydrogen-bond acceptors (Lipinski definition) is 3. The summed E-state index contributed by atoms with van der Waals surface area (Å²) in [6, 6.07) is 6.87. The van der Waals surface area contributed by atoms with Crippen molar-refractivity contribution in [2.24, 2.45) is 0 Å². The van der Waals surface area contributed by atoms with E-state index in [9.17, 15) is 15.0 Å². The van der Waals surface area contributed by atoms with Gasteiger partial charge >= 0.3 is 0 Å². The predicted octanol–water partition coefficient (Wildman–Crippen LogP) is 3.97. The third kappa shape index (κ3) is 2.98. The highest BCUT2D eigenvalue weighted by Crippen LogP contribution is 2.30. The van der Waals surface area contributed by atoms with Crippen molar-refractivity contribution in [1.29, 1.82) is 0 Å². The maximum atomic E-state index is 12.0. The molecule has 0 spiro atoms. The highest BCUT2D eigenvalue weighted by molar-refractivity contribution is 6.36. The molecule has 0 fully saturated rings. The van der Waals surface area contributed by atoms with Gasteiger partial charge in [-0.05, 0) is 36.8 Å². The molecular formula is C14H11Cl2NO3. The molecule has 0 aromatic heterocycles. The number of rotatable bonds is 2. The van der Waals surface area contributed by atoms with Crippen LogP contribution in [-0.2, 0) is 0 Å². The van der Waals surface area contributed by atoms with Gasteiger partial charge in [-0.1, -0.05) is 23.2 Å². The summed E-state index contributed by atoms with van der Waals surface area (Å²) in [5, 5.41) is 22.2. The van der Waals surface area contributed by atoms with Gasteiger partial charge in [0.15, 0.2) is 0 Å². The molecule has 2 aromatic rings. The number of aromatic hydroxyl groups is 2. The lowest BCUT2D eigenvalue weighted by Crippen LogP contribution is -2.12. The molecule has 2 aromatic carbocycles. The van der Waals surface area contributed by atoms with Crippen molar-refractivity contribution in [2.75, 3.05) is 5.32 Å². The summed E-state index contributed by atoms with van der Waals surface area (Å²) in [6.07, 6.45) is 0. The maximum Gasteiger partial charge on any atom is 0.259 e. The number of phenols is 2. The van der Waals surface area contributed by atoms with Crippen LogP contribution in [0.4, 0.5) is 5.69 Å². The van der Waals surface area contributed by atoms with Crippen LogP contribution >= 0.6 is 23.2 Å². The average molecular weight is 312 g/mol. The third-order valence-electron chi connectivity index (χ3n) is 2.72. The Balaban J connectivity index is 2.30. The molecule has 3 N–H and O–H groups in total. The number of carbonyl (C=O) groups is 1. The summed E-state index contributed by atoms with van der Waals surface area (Å²) in [4.78, 5) is 12.0. The molecule has 4 nitrogen and oxygen atoms in total. The molecular weight excluding hydrogens is 301 g/mol. The lowest BCUT2D eigenvalue weighted by Gasteiger charge is -2.10. The van der Waals surface area contributed by atoms with E-state index >= 15 is 0 Å². The second kappa shape index (κ2) is 5.61. The number of halogens is 2. The normalized spacial score (nSPS) is 10.3. The highest BCUT2D eigenvalue weighted by atomic mass is 35.5. The number of hydrogen-bond donors (Lipinski definition) is 3. The van der Waals surface area contributed by atoms with E-state index in [1.807, 2.05) is 0 Å². The molecule has 0 saturated carbocycles. The van der Waals surface area contributed by atoms with Crippen LogP contribution in [0.3, 0.4) is 0 Å². The second-order valence-electron chi connectivity index (χ2n) is 4.24. The van der Waals surface area contributed by atoms with Crippen LogP contribution in [0.2, 0.25) is 10.0 Å². The topological polar surface area (TPSA) is 69.6 Å². The Kier molecular flexibility index (Phi) is 4.06. The van der Waals surface area contributed by atoms with Crippen molar-refractivity contribution in [1.82, 2.24) is 0 Å². The Morgan fingerprint density at radius 2 is 1.80 bits per heavy atom. The van der Waals surface area contributed by atoms with Crippen molar-refractivity contribution in [3.8, 4) is 11.5 Å². The fourth-order valence-electron chi connectivity index (χ4n) is 1.64. The smallest absolute Gasteiger partial charge is 0.259 e. The summed E-state index contributed by atoms with van der Waals surface area (Å²) in [7, 11) is 0. The van der Waals surface area contributed by atoms with Crippen molar-refractivity contribution >= 4 is 34.8 Å². The van der Waals surface area contributed by atoms with Gasteiger partial charge in [-0.3, -0.25) is 4.79 Å². The zero-order valence-electron chi connectivity index (χ0n) is 10.4. The molecule has 0 unspecified atom stereocenters. The molecule has 0 aliphatic rings. The summed E-state index contributed by atoms with van der Waals surface area (Å²) < 4.78 is 0. The second-order valence-corrected chi connectivity index (χ2v) is 5.05. The van der Waals surface area contributed by atoms with Crippen molar-refractivity contribution in [3.05, 3.63) is 51.5 Å². The van der Waals surface area contributed by atoms with Crippen LogP contribution < -0.4 is 5.32 Å². The van der Waals surface area contributed by atoms with Crippen LogP contribution in [0.25, 0.3) is 0 Å². The Morgan fingerprint density at radius 1 is 1.10 bits per heavy atom. The van der Waals surface area contributed by atoms with Gasteiger partial charge in [0, 0.05) is 11.1 Å². The number of amides is 1. The Morgan fingerprint density at radius 3 is 2.45 bits per heavy atom. The fraction of sp³-hybridized carbons (Fsp3) is 0.0714. The molecule has 0 atom stereocenters. The molecule has 0 heterocycles. The van der Waals surface area contributed by atoms with Crippen LogP contribution in [-0.4, -0.2) is 16.1 Å². The highest BCUT2D eigenvalue weighted by Gasteiger charge is 2.14.